The lowest BCUT2D eigenvalue weighted by Gasteiger charge is -2.11. The molecule has 0 saturated carbocycles. The van der Waals surface area contributed by atoms with Gasteiger partial charge >= 0.3 is 0 Å². The summed E-state index contributed by atoms with van der Waals surface area (Å²) < 4.78 is 0. The van der Waals surface area contributed by atoms with Crippen molar-refractivity contribution in [3.8, 4) is 33.5 Å². The number of pyridine rings is 1. The van der Waals surface area contributed by atoms with Crippen molar-refractivity contribution in [2.24, 2.45) is 0 Å². The molecule has 0 unspecified atom stereocenters. The molecule has 0 N–H and O–H groups in total. The van der Waals surface area contributed by atoms with E-state index < -0.39 is 0 Å². The zero-order valence-electron chi connectivity index (χ0n) is 13.5. The average molecular weight is 341 g/mol. The molecule has 3 aromatic carbocycles. The van der Waals surface area contributed by atoms with Crippen LogP contribution in [0, 0.1) is 6.07 Å². The van der Waals surface area contributed by atoms with Crippen molar-refractivity contribution in [1.29, 1.82) is 0 Å². The minimum atomic E-state index is 0.717. The van der Waals surface area contributed by atoms with Gasteiger partial charge in [0.25, 0.3) is 0 Å². The Balaban J connectivity index is 1.91. The van der Waals surface area contributed by atoms with E-state index in [1.807, 2.05) is 66.9 Å². The van der Waals surface area contributed by atoms with Crippen LogP contribution in [-0.2, 0) is 0 Å². The van der Waals surface area contributed by atoms with Gasteiger partial charge in [0, 0.05) is 34.0 Å². The molecule has 1 nitrogen and oxygen atoms in total. The molecule has 1 radical (unpaired) electrons. The monoisotopic (exact) mass is 340 g/mol. The highest BCUT2D eigenvalue weighted by atomic mass is 35.5. The van der Waals surface area contributed by atoms with Crippen LogP contribution in [-0.4, -0.2) is 4.98 Å². The Hall–Kier alpha value is -2.90. The second-order valence-corrected chi connectivity index (χ2v) is 6.20. The molecule has 0 atom stereocenters. The van der Waals surface area contributed by atoms with Gasteiger partial charge in [-0.05, 0) is 23.3 Å². The number of halogens is 1. The van der Waals surface area contributed by atoms with Crippen LogP contribution in [0.4, 0.5) is 0 Å². The Morgan fingerprint density at radius 3 is 1.88 bits per heavy atom. The minimum absolute atomic E-state index is 0.717. The molecular formula is C23H15ClN. The highest BCUT2D eigenvalue weighted by Crippen LogP contribution is 2.33. The van der Waals surface area contributed by atoms with Crippen LogP contribution < -0.4 is 0 Å². The summed E-state index contributed by atoms with van der Waals surface area (Å²) in [6.45, 7) is 0. The van der Waals surface area contributed by atoms with E-state index in [4.69, 9.17) is 16.6 Å². The minimum Gasteiger partial charge on any atom is -0.255 e. The highest BCUT2D eigenvalue weighted by molar-refractivity contribution is 6.30. The van der Waals surface area contributed by atoms with Gasteiger partial charge in [0.05, 0.1) is 5.69 Å². The molecule has 1 heterocycles. The Morgan fingerprint density at radius 2 is 1.24 bits per heavy atom. The van der Waals surface area contributed by atoms with Crippen LogP contribution in [0.5, 0.6) is 0 Å². The van der Waals surface area contributed by atoms with Gasteiger partial charge in [-0.1, -0.05) is 84.4 Å². The molecule has 2 heteroatoms. The normalized spacial score (nSPS) is 10.6. The maximum atomic E-state index is 6.03. The van der Waals surface area contributed by atoms with Crippen molar-refractivity contribution in [2.75, 3.05) is 0 Å². The molecule has 0 amide bonds. The molecule has 25 heavy (non-hydrogen) atoms. The van der Waals surface area contributed by atoms with Gasteiger partial charge in [-0.25, -0.2) is 0 Å². The number of hydrogen-bond acceptors (Lipinski definition) is 1. The number of hydrogen-bond donors (Lipinski definition) is 0. The molecule has 0 fully saturated rings. The van der Waals surface area contributed by atoms with Gasteiger partial charge in [0.15, 0.2) is 0 Å². The second-order valence-electron chi connectivity index (χ2n) is 5.76. The lowest BCUT2D eigenvalue weighted by molar-refractivity contribution is 1.32. The van der Waals surface area contributed by atoms with Crippen LogP contribution in [0.15, 0.2) is 91.1 Å². The van der Waals surface area contributed by atoms with Gasteiger partial charge in [0.2, 0.25) is 0 Å². The maximum Gasteiger partial charge on any atom is 0.0787 e. The van der Waals surface area contributed by atoms with Crippen LogP contribution in [0.1, 0.15) is 0 Å². The Bertz CT molecular complexity index is 977. The van der Waals surface area contributed by atoms with E-state index in [2.05, 4.69) is 30.3 Å². The predicted molar refractivity (Wildman–Crippen MR) is 104 cm³/mol. The number of benzene rings is 3. The zero-order chi connectivity index (χ0) is 17.1. The fourth-order valence-electron chi connectivity index (χ4n) is 2.82. The van der Waals surface area contributed by atoms with Crippen LogP contribution in [0.25, 0.3) is 33.5 Å². The van der Waals surface area contributed by atoms with Gasteiger partial charge in [-0.2, -0.15) is 0 Å². The number of rotatable bonds is 3. The van der Waals surface area contributed by atoms with E-state index >= 15 is 0 Å². The lowest BCUT2D eigenvalue weighted by Crippen LogP contribution is -1.92. The molecule has 4 rings (SSSR count). The summed E-state index contributed by atoms with van der Waals surface area (Å²) in [5.74, 6) is 0. The standard InChI is InChI=1S/C23H15ClN/c24-21-13-11-19(12-14-21)23-22(18-9-5-2-6-10-18)15-20(16-25-23)17-7-3-1-4-8-17/h1-14,16H. The third-order valence-corrected chi connectivity index (χ3v) is 4.34. The number of aromatic nitrogens is 1. The average Bonchev–Trinajstić information content (AvgIpc) is 2.70. The van der Waals surface area contributed by atoms with Crippen molar-refractivity contribution >= 4 is 11.6 Å². The maximum absolute atomic E-state index is 6.03. The van der Waals surface area contributed by atoms with Crippen molar-refractivity contribution in [3.63, 3.8) is 0 Å². The quantitative estimate of drug-likeness (QED) is 0.413. The van der Waals surface area contributed by atoms with E-state index in [0.717, 1.165) is 38.5 Å². The Morgan fingerprint density at radius 1 is 0.640 bits per heavy atom. The Kier molecular flexibility index (Phi) is 4.32. The van der Waals surface area contributed by atoms with E-state index in [1.165, 1.54) is 0 Å². The first-order chi connectivity index (χ1) is 12.3. The second kappa shape index (κ2) is 6.92. The van der Waals surface area contributed by atoms with Crippen LogP contribution >= 0.6 is 11.6 Å². The molecule has 0 spiro atoms. The van der Waals surface area contributed by atoms with E-state index in [-0.39, 0.29) is 0 Å². The van der Waals surface area contributed by atoms with E-state index in [0.29, 0.717) is 0 Å². The third kappa shape index (κ3) is 3.33. The molecule has 1 aromatic heterocycles. The highest BCUT2D eigenvalue weighted by Gasteiger charge is 2.11. The first-order valence-electron chi connectivity index (χ1n) is 8.10. The largest absolute Gasteiger partial charge is 0.255 e. The summed E-state index contributed by atoms with van der Waals surface area (Å²) in [4.78, 5) is 4.76. The molecule has 0 aliphatic carbocycles. The molecule has 0 aliphatic rings. The summed E-state index contributed by atoms with van der Waals surface area (Å²) >= 11 is 6.03. The predicted octanol–water partition coefficient (Wildman–Crippen LogP) is 6.54. The van der Waals surface area contributed by atoms with E-state index in [1.54, 1.807) is 0 Å². The summed E-state index contributed by atoms with van der Waals surface area (Å²) in [6, 6.07) is 31.8. The SMILES string of the molecule is Clc1ccc(-c2ncc(-c3ccccc3)[c]c2-c2ccccc2)cc1. The van der Waals surface area contributed by atoms with Crippen LogP contribution in [0.3, 0.4) is 0 Å². The summed E-state index contributed by atoms with van der Waals surface area (Å²) in [5.41, 5.74) is 6.11. The van der Waals surface area contributed by atoms with Crippen molar-refractivity contribution in [2.45, 2.75) is 0 Å². The van der Waals surface area contributed by atoms with Gasteiger partial charge in [-0.3, -0.25) is 4.98 Å². The fraction of sp³-hybridized carbons (Fsp3) is 0. The molecule has 0 saturated heterocycles. The smallest absolute Gasteiger partial charge is 0.0787 e. The van der Waals surface area contributed by atoms with Gasteiger partial charge in [-0.15, -0.1) is 0 Å². The molecule has 4 aromatic rings. The topological polar surface area (TPSA) is 12.9 Å². The summed E-state index contributed by atoms with van der Waals surface area (Å²) in [7, 11) is 0. The van der Waals surface area contributed by atoms with E-state index in [9.17, 15) is 0 Å². The fourth-order valence-corrected chi connectivity index (χ4v) is 2.95. The molecular weight excluding hydrogens is 326 g/mol. The number of nitrogens with zero attached hydrogens (tertiary/aromatic N) is 1. The van der Waals surface area contributed by atoms with Crippen LogP contribution in [0.2, 0.25) is 5.02 Å². The third-order valence-electron chi connectivity index (χ3n) is 4.08. The molecule has 0 bridgehead atoms. The zero-order valence-corrected chi connectivity index (χ0v) is 14.2. The van der Waals surface area contributed by atoms with Gasteiger partial charge < -0.3 is 0 Å². The lowest BCUT2D eigenvalue weighted by atomic mass is 9.96. The van der Waals surface area contributed by atoms with Gasteiger partial charge in [0.1, 0.15) is 0 Å². The summed E-state index contributed by atoms with van der Waals surface area (Å²) in [6.07, 6.45) is 1.88. The molecule has 0 aliphatic heterocycles. The van der Waals surface area contributed by atoms with Crippen molar-refractivity contribution in [1.82, 2.24) is 4.98 Å². The first kappa shape index (κ1) is 15.6. The summed E-state index contributed by atoms with van der Waals surface area (Å²) in [5, 5.41) is 0.717. The van der Waals surface area contributed by atoms with Crippen molar-refractivity contribution in [3.05, 3.63) is 102 Å². The molecule has 119 valence electrons. The van der Waals surface area contributed by atoms with Crippen molar-refractivity contribution < 1.29 is 0 Å². The Labute approximate surface area is 152 Å². The first-order valence-corrected chi connectivity index (χ1v) is 8.48.